The van der Waals surface area contributed by atoms with Crippen LogP contribution in [-0.2, 0) is 0 Å². The Morgan fingerprint density at radius 3 is 2.29 bits per heavy atom. The first kappa shape index (κ1) is 8.82. The summed E-state index contributed by atoms with van der Waals surface area (Å²) >= 11 is 0. The summed E-state index contributed by atoms with van der Waals surface area (Å²) in [6.45, 7) is 0. The standard InChI is InChI=1S/C16H11N/c1-2-6-13-11-16-14(9-12(13)5-1)10-15-7-3-4-8-17(15)16/h1-11H. The van der Waals surface area contributed by atoms with Gasteiger partial charge < -0.3 is 4.40 Å². The van der Waals surface area contributed by atoms with Crippen LogP contribution in [0, 0.1) is 0 Å². The Morgan fingerprint density at radius 1 is 0.647 bits per heavy atom. The molecule has 0 radical (unpaired) electrons. The molecular formula is C16H11N. The quantitative estimate of drug-likeness (QED) is 0.415. The first-order chi connectivity index (χ1) is 8.42. The summed E-state index contributed by atoms with van der Waals surface area (Å²) in [5.74, 6) is 0. The third-order valence-electron chi connectivity index (χ3n) is 3.35. The maximum Gasteiger partial charge on any atom is 0.0535 e. The molecule has 0 saturated heterocycles. The van der Waals surface area contributed by atoms with E-state index in [0.717, 1.165) is 0 Å². The van der Waals surface area contributed by atoms with Crippen molar-refractivity contribution in [2.75, 3.05) is 0 Å². The van der Waals surface area contributed by atoms with Gasteiger partial charge in [-0.15, -0.1) is 0 Å². The van der Waals surface area contributed by atoms with E-state index in [1.165, 1.54) is 27.2 Å². The summed E-state index contributed by atoms with van der Waals surface area (Å²) in [4.78, 5) is 0. The molecular weight excluding hydrogens is 206 g/mol. The lowest BCUT2D eigenvalue weighted by Crippen LogP contribution is -1.81. The van der Waals surface area contributed by atoms with E-state index < -0.39 is 0 Å². The van der Waals surface area contributed by atoms with Crippen molar-refractivity contribution in [1.82, 2.24) is 4.40 Å². The van der Waals surface area contributed by atoms with Crippen molar-refractivity contribution >= 4 is 27.2 Å². The Hall–Kier alpha value is -2.28. The molecule has 0 amide bonds. The highest BCUT2D eigenvalue weighted by molar-refractivity contribution is 5.99. The molecule has 0 fully saturated rings. The van der Waals surface area contributed by atoms with E-state index >= 15 is 0 Å². The lowest BCUT2D eigenvalue weighted by molar-refractivity contribution is 1.26. The van der Waals surface area contributed by atoms with Crippen LogP contribution in [0.15, 0.2) is 66.9 Å². The van der Waals surface area contributed by atoms with Gasteiger partial charge in [0.05, 0.1) is 5.52 Å². The molecule has 17 heavy (non-hydrogen) atoms. The summed E-state index contributed by atoms with van der Waals surface area (Å²) in [5.41, 5.74) is 2.53. The van der Waals surface area contributed by atoms with E-state index in [1.54, 1.807) is 0 Å². The number of pyridine rings is 1. The minimum atomic E-state index is 1.25. The lowest BCUT2D eigenvalue weighted by atomic mass is 10.1. The van der Waals surface area contributed by atoms with Crippen LogP contribution in [0.4, 0.5) is 0 Å². The van der Waals surface area contributed by atoms with Gasteiger partial charge >= 0.3 is 0 Å². The molecule has 4 rings (SSSR count). The second-order valence-corrected chi connectivity index (χ2v) is 4.40. The number of fused-ring (bicyclic) bond motifs is 4. The molecule has 0 spiro atoms. The molecule has 80 valence electrons. The Labute approximate surface area is 98.9 Å². The molecule has 0 unspecified atom stereocenters. The number of benzene rings is 2. The number of nitrogens with zero attached hydrogens (tertiary/aromatic N) is 1. The average molecular weight is 217 g/mol. The van der Waals surface area contributed by atoms with Crippen molar-refractivity contribution in [3.05, 3.63) is 66.9 Å². The topological polar surface area (TPSA) is 4.41 Å². The van der Waals surface area contributed by atoms with Gasteiger partial charge in [0, 0.05) is 17.1 Å². The first-order valence-electron chi connectivity index (χ1n) is 5.80. The summed E-state index contributed by atoms with van der Waals surface area (Å²) < 4.78 is 2.24. The number of hydrogen-bond donors (Lipinski definition) is 0. The molecule has 2 aromatic heterocycles. The van der Waals surface area contributed by atoms with Crippen molar-refractivity contribution in [1.29, 1.82) is 0 Å². The van der Waals surface area contributed by atoms with E-state index in [-0.39, 0.29) is 0 Å². The zero-order valence-corrected chi connectivity index (χ0v) is 9.30. The predicted molar refractivity (Wildman–Crippen MR) is 72.4 cm³/mol. The normalized spacial score (nSPS) is 11.5. The molecule has 0 aliphatic heterocycles. The van der Waals surface area contributed by atoms with Crippen molar-refractivity contribution in [2.24, 2.45) is 0 Å². The second kappa shape index (κ2) is 3.11. The fraction of sp³-hybridized carbons (Fsp3) is 0. The molecule has 4 aromatic rings. The number of hydrogen-bond acceptors (Lipinski definition) is 0. The minimum absolute atomic E-state index is 1.25. The number of aromatic nitrogens is 1. The maximum atomic E-state index is 2.26. The predicted octanol–water partition coefficient (Wildman–Crippen LogP) is 4.25. The van der Waals surface area contributed by atoms with Gasteiger partial charge in [0.25, 0.3) is 0 Å². The third-order valence-corrected chi connectivity index (χ3v) is 3.35. The van der Waals surface area contributed by atoms with Crippen LogP contribution in [0.5, 0.6) is 0 Å². The summed E-state index contributed by atoms with van der Waals surface area (Å²) in [7, 11) is 0. The fourth-order valence-electron chi connectivity index (χ4n) is 2.52. The maximum absolute atomic E-state index is 2.26. The molecule has 0 aliphatic rings. The van der Waals surface area contributed by atoms with Crippen molar-refractivity contribution < 1.29 is 0 Å². The Balaban J connectivity index is 2.28. The number of rotatable bonds is 0. The lowest BCUT2D eigenvalue weighted by Gasteiger charge is -1.99. The van der Waals surface area contributed by atoms with Crippen molar-refractivity contribution in [3.63, 3.8) is 0 Å². The highest BCUT2D eigenvalue weighted by Crippen LogP contribution is 2.25. The van der Waals surface area contributed by atoms with Gasteiger partial charge in [0.15, 0.2) is 0 Å². The molecule has 0 atom stereocenters. The summed E-state index contributed by atoms with van der Waals surface area (Å²) in [5, 5.41) is 3.90. The zero-order valence-electron chi connectivity index (χ0n) is 9.30. The highest BCUT2D eigenvalue weighted by atomic mass is 14.9. The fourth-order valence-corrected chi connectivity index (χ4v) is 2.52. The Bertz CT molecular complexity index is 834. The second-order valence-electron chi connectivity index (χ2n) is 4.40. The van der Waals surface area contributed by atoms with Gasteiger partial charge in [-0.3, -0.25) is 0 Å². The molecule has 1 heteroatoms. The molecule has 0 N–H and O–H groups in total. The van der Waals surface area contributed by atoms with Crippen molar-refractivity contribution in [2.45, 2.75) is 0 Å². The molecule has 2 aromatic carbocycles. The first-order valence-corrected chi connectivity index (χ1v) is 5.80. The Kier molecular flexibility index (Phi) is 1.61. The van der Waals surface area contributed by atoms with Crippen LogP contribution < -0.4 is 0 Å². The highest BCUT2D eigenvalue weighted by Gasteiger charge is 2.03. The van der Waals surface area contributed by atoms with Gasteiger partial charge in [0.1, 0.15) is 0 Å². The van der Waals surface area contributed by atoms with Gasteiger partial charge in [0.2, 0.25) is 0 Å². The van der Waals surface area contributed by atoms with E-state index in [1.807, 2.05) is 0 Å². The smallest absolute Gasteiger partial charge is 0.0535 e. The average Bonchev–Trinajstić information content (AvgIpc) is 2.73. The zero-order chi connectivity index (χ0) is 11.2. The van der Waals surface area contributed by atoms with Gasteiger partial charge in [-0.05, 0) is 41.1 Å². The Morgan fingerprint density at radius 2 is 1.41 bits per heavy atom. The summed E-state index contributed by atoms with van der Waals surface area (Å²) in [6, 6.07) is 21.6. The van der Waals surface area contributed by atoms with Crippen molar-refractivity contribution in [3.8, 4) is 0 Å². The van der Waals surface area contributed by atoms with Crippen LogP contribution in [-0.4, -0.2) is 4.40 Å². The van der Waals surface area contributed by atoms with Gasteiger partial charge in [-0.2, -0.15) is 0 Å². The largest absolute Gasteiger partial charge is 0.317 e. The third kappa shape index (κ3) is 1.19. The van der Waals surface area contributed by atoms with Crippen LogP contribution in [0.2, 0.25) is 0 Å². The van der Waals surface area contributed by atoms with Crippen LogP contribution >= 0.6 is 0 Å². The molecule has 0 saturated carbocycles. The minimum Gasteiger partial charge on any atom is -0.317 e. The molecule has 0 bridgehead atoms. The molecule has 0 aliphatic carbocycles. The van der Waals surface area contributed by atoms with E-state index in [4.69, 9.17) is 0 Å². The van der Waals surface area contributed by atoms with E-state index in [2.05, 4.69) is 71.3 Å². The van der Waals surface area contributed by atoms with Gasteiger partial charge in [-0.1, -0.05) is 30.3 Å². The van der Waals surface area contributed by atoms with E-state index in [9.17, 15) is 0 Å². The molecule has 1 nitrogen and oxygen atoms in total. The SMILES string of the molecule is c1ccc2cc3c(cc2c1)cc1ccccn13. The van der Waals surface area contributed by atoms with Crippen LogP contribution in [0.25, 0.3) is 27.2 Å². The van der Waals surface area contributed by atoms with Crippen LogP contribution in [0.1, 0.15) is 0 Å². The summed E-state index contributed by atoms with van der Waals surface area (Å²) in [6.07, 6.45) is 2.12. The molecule has 2 heterocycles. The van der Waals surface area contributed by atoms with E-state index in [0.29, 0.717) is 0 Å². The monoisotopic (exact) mass is 217 g/mol. The van der Waals surface area contributed by atoms with Crippen LogP contribution in [0.3, 0.4) is 0 Å². The van der Waals surface area contributed by atoms with Gasteiger partial charge in [-0.25, -0.2) is 0 Å².